The summed E-state index contributed by atoms with van der Waals surface area (Å²) in [4.78, 5) is 0. The lowest BCUT2D eigenvalue weighted by molar-refractivity contribution is 0.0667. The van der Waals surface area contributed by atoms with Gasteiger partial charge in [-0.05, 0) is 18.9 Å². The lowest BCUT2D eigenvalue weighted by atomic mass is 9.94. The molecule has 0 aromatic heterocycles. The summed E-state index contributed by atoms with van der Waals surface area (Å²) < 4.78 is 0. The van der Waals surface area contributed by atoms with Crippen molar-refractivity contribution in [3.63, 3.8) is 0 Å². The summed E-state index contributed by atoms with van der Waals surface area (Å²) in [6.07, 6.45) is 2.12. The number of hydrogen-bond donors (Lipinski definition) is 2. The quantitative estimate of drug-likeness (QED) is 0.733. The number of benzene rings is 1. The van der Waals surface area contributed by atoms with E-state index in [9.17, 15) is 5.11 Å². The van der Waals surface area contributed by atoms with Crippen LogP contribution in [0.25, 0.3) is 0 Å². The minimum absolute atomic E-state index is 0.00364. The molecule has 0 aliphatic heterocycles. The Morgan fingerprint density at radius 3 is 2.46 bits per heavy atom. The zero-order valence-corrected chi connectivity index (χ0v) is 7.77. The molecule has 1 rings (SSSR count). The Hall–Kier alpha value is -0.860. The molecule has 0 aliphatic rings. The average Bonchev–Trinajstić information content (AvgIpc) is 2.04. The molecule has 2 heteroatoms. The highest BCUT2D eigenvalue weighted by Crippen LogP contribution is 2.18. The monoisotopic (exact) mass is 179 g/mol. The Morgan fingerprint density at radius 2 is 1.92 bits per heavy atom. The van der Waals surface area contributed by atoms with Gasteiger partial charge >= 0.3 is 0 Å². The van der Waals surface area contributed by atoms with Crippen LogP contribution in [0, 0.1) is 6.42 Å². The summed E-state index contributed by atoms with van der Waals surface area (Å²) in [6, 6.07) is 9.61. The van der Waals surface area contributed by atoms with E-state index in [0.29, 0.717) is 6.42 Å². The summed E-state index contributed by atoms with van der Waals surface area (Å²) in [5, 5.41) is 18.5. The van der Waals surface area contributed by atoms with Crippen molar-refractivity contribution < 1.29 is 10.2 Å². The van der Waals surface area contributed by atoms with E-state index in [0.717, 1.165) is 5.56 Å². The molecule has 1 aromatic carbocycles. The van der Waals surface area contributed by atoms with E-state index >= 15 is 0 Å². The fourth-order valence-electron chi connectivity index (χ4n) is 1.21. The van der Waals surface area contributed by atoms with Gasteiger partial charge in [-0.3, -0.25) is 0 Å². The van der Waals surface area contributed by atoms with Gasteiger partial charge in [0.1, 0.15) is 0 Å². The van der Waals surface area contributed by atoms with Crippen LogP contribution in [0.4, 0.5) is 0 Å². The van der Waals surface area contributed by atoms with E-state index in [1.54, 1.807) is 13.3 Å². The molecule has 2 N–H and O–H groups in total. The van der Waals surface area contributed by atoms with Crippen molar-refractivity contribution in [3.8, 4) is 0 Å². The third-order valence-electron chi connectivity index (χ3n) is 1.90. The number of aliphatic hydroxyl groups is 2. The minimum atomic E-state index is -0.921. The molecule has 0 aliphatic carbocycles. The number of hydrogen-bond acceptors (Lipinski definition) is 2. The molecule has 71 valence electrons. The molecule has 1 radical (unpaired) electrons. The first kappa shape index (κ1) is 10.2. The third-order valence-corrected chi connectivity index (χ3v) is 1.90. The Bertz CT molecular complexity index is 242. The first-order valence-electron chi connectivity index (χ1n) is 4.38. The van der Waals surface area contributed by atoms with Crippen molar-refractivity contribution >= 4 is 0 Å². The van der Waals surface area contributed by atoms with Crippen molar-refractivity contribution in [2.45, 2.75) is 18.9 Å². The molecule has 0 heterocycles. The van der Waals surface area contributed by atoms with Gasteiger partial charge in [-0.25, -0.2) is 0 Å². The lowest BCUT2D eigenvalue weighted by Gasteiger charge is -2.21. The molecule has 0 amide bonds. The molecule has 1 aromatic rings. The minimum Gasteiger partial charge on any atom is -0.396 e. The average molecular weight is 179 g/mol. The van der Waals surface area contributed by atoms with E-state index in [2.05, 4.69) is 0 Å². The maximum absolute atomic E-state index is 9.75. The molecule has 0 spiro atoms. The third kappa shape index (κ3) is 3.57. The van der Waals surface area contributed by atoms with Gasteiger partial charge in [-0.15, -0.1) is 0 Å². The first-order valence-corrected chi connectivity index (χ1v) is 4.38. The van der Waals surface area contributed by atoms with Crippen LogP contribution in [0.15, 0.2) is 30.3 Å². The SMILES string of the molecule is CC(O)([CH]c1ccccc1)CCO. The normalized spacial score (nSPS) is 15.3. The number of aliphatic hydroxyl groups excluding tert-OH is 1. The fourth-order valence-corrected chi connectivity index (χ4v) is 1.21. The van der Waals surface area contributed by atoms with Crippen LogP contribution in [0.2, 0.25) is 0 Å². The van der Waals surface area contributed by atoms with Gasteiger partial charge < -0.3 is 10.2 Å². The van der Waals surface area contributed by atoms with E-state index in [1.807, 2.05) is 30.3 Å². The molecule has 0 saturated carbocycles. The Labute approximate surface area is 78.8 Å². The van der Waals surface area contributed by atoms with Crippen LogP contribution in [-0.2, 0) is 0 Å². The predicted octanol–water partition coefficient (Wildman–Crippen LogP) is 1.37. The van der Waals surface area contributed by atoms with E-state index in [1.165, 1.54) is 0 Å². The summed E-state index contributed by atoms with van der Waals surface area (Å²) in [5.74, 6) is 0. The van der Waals surface area contributed by atoms with E-state index < -0.39 is 5.60 Å². The van der Waals surface area contributed by atoms with Crippen LogP contribution in [-0.4, -0.2) is 22.4 Å². The van der Waals surface area contributed by atoms with Gasteiger partial charge in [0.2, 0.25) is 0 Å². The molecule has 1 unspecified atom stereocenters. The summed E-state index contributed by atoms with van der Waals surface area (Å²) in [7, 11) is 0. The van der Waals surface area contributed by atoms with Gasteiger partial charge in [-0.1, -0.05) is 30.3 Å². The molecule has 1 atom stereocenters. The van der Waals surface area contributed by atoms with Crippen molar-refractivity contribution in [2.24, 2.45) is 0 Å². The van der Waals surface area contributed by atoms with Crippen LogP contribution in [0.1, 0.15) is 18.9 Å². The maximum atomic E-state index is 9.75. The zero-order valence-electron chi connectivity index (χ0n) is 7.77. The van der Waals surface area contributed by atoms with Crippen molar-refractivity contribution in [1.29, 1.82) is 0 Å². The van der Waals surface area contributed by atoms with Gasteiger partial charge in [-0.2, -0.15) is 0 Å². The maximum Gasteiger partial charge on any atom is 0.0716 e. The Balaban J connectivity index is 2.58. The highest BCUT2D eigenvalue weighted by Gasteiger charge is 2.20. The highest BCUT2D eigenvalue weighted by molar-refractivity contribution is 5.26. The molecular weight excluding hydrogens is 164 g/mol. The second kappa shape index (κ2) is 4.40. The van der Waals surface area contributed by atoms with E-state index in [-0.39, 0.29) is 6.61 Å². The zero-order chi connectivity index (χ0) is 9.73. The van der Waals surface area contributed by atoms with Crippen molar-refractivity contribution in [2.75, 3.05) is 6.61 Å². The van der Waals surface area contributed by atoms with Gasteiger partial charge in [0.05, 0.1) is 5.60 Å². The Kier molecular flexibility index (Phi) is 3.46. The summed E-state index contributed by atoms with van der Waals surface area (Å²) >= 11 is 0. The largest absolute Gasteiger partial charge is 0.396 e. The molecule has 0 bridgehead atoms. The second-order valence-electron chi connectivity index (χ2n) is 3.39. The van der Waals surface area contributed by atoms with Crippen LogP contribution >= 0.6 is 0 Å². The van der Waals surface area contributed by atoms with Gasteiger partial charge in [0, 0.05) is 13.0 Å². The molecule has 0 fully saturated rings. The Morgan fingerprint density at radius 1 is 1.31 bits per heavy atom. The number of rotatable bonds is 4. The van der Waals surface area contributed by atoms with Crippen LogP contribution in [0.5, 0.6) is 0 Å². The second-order valence-corrected chi connectivity index (χ2v) is 3.39. The molecule has 13 heavy (non-hydrogen) atoms. The fraction of sp³-hybridized carbons (Fsp3) is 0.364. The topological polar surface area (TPSA) is 40.5 Å². The smallest absolute Gasteiger partial charge is 0.0716 e. The molecule has 0 saturated heterocycles. The first-order chi connectivity index (χ1) is 6.14. The van der Waals surface area contributed by atoms with Crippen LogP contribution < -0.4 is 0 Å². The predicted molar refractivity (Wildman–Crippen MR) is 52.2 cm³/mol. The standard InChI is InChI=1S/C11H15O2/c1-11(13,7-8-12)9-10-5-3-2-4-6-10/h2-6,9,12-13H,7-8H2,1H3. The van der Waals surface area contributed by atoms with Crippen molar-refractivity contribution in [1.82, 2.24) is 0 Å². The summed E-state index contributed by atoms with van der Waals surface area (Å²) in [5.41, 5.74) is 0.0526. The van der Waals surface area contributed by atoms with E-state index in [4.69, 9.17) is 5.11 Å². The van der Waals surface area contributed by atoms with Crippen LogP contribution in [0.3, 0.4) is 0 Å². The van der Waals surface area contributed by atoms with Gasteiger partial charge in [0.15, 0.2) is 0 Å². The highest BCUT2D eigenvalue weighted by atomic mass is 16.3. The molecule has 2 nitrogen and oxygen atoms in total. The summed E-state index contributed by atoms with van der Waals surface area (Å²) in [6.45, 7) is 1.69. The lowest BCUT2D eigenvalue weighted by Crippen LogP contribution is -2.26. The molecular formula is C11H15O2. The van der Waals surface area contributed by atoms with Crippen molar-refractivity contribution in [3.05, 3.63) is 42.3 Å². The van der Waals surface area contributed by atoms with Gasteiger partial charge in [0.25, 0.3) is 0 Å².